The predicted molar refractivity (Wildman–Crippen MR) is 372 cm³/mol. The molecule has 0 spiro atoms. The maximum Gasteiger partial charge on any atom is 0.472 e. The molecule has 5 atom stereocenters. The average Bonchev–Trinajstić information content (AvgIpc) is 2.74. The molecule has 0 aromatic rings. The van der Waals surface area contributed by atoms with Gasteiger partial charge >= 0.3 is 39.5 Å². The normalized spacial score (nSPS) is 14.0. The van der Waals surface area contributed by atoms with Gasteiger partial charge in [0.1, 0.15) is 19.3 Å². The molecule has 0 rings (SSSR count). The Bertz CT molecular complexity index is 1770. The van der Waals surface area contributed by atoms with E-state index in [-0.39, 0.29) is 25.7 Å². The van der Waals surface area contributed by atoms with Crippen LogP contribution in [0.4, 0.5) is 0 Å². The van der Waals surface area contributed by atoms with Crippen LogP contribution in [0.3, 0.4) is 0 Å². The van der Waals surface area contributed by atoms with Crippen molar-refractivity contribution < 1.29 is 80.2 Å². The first-order valence-corrected chi connectivity index (χ1v) is 41.1. The second kappa shape index (κ2) is 66.3. The number of rotatable bonds is 73. The summed E-state index contributed by atoms with van der Waals surface area (Å²) in [6, 6.07) is 0. The van der Waals surface area contributed by atoms with Crippen LogP contribution < -0.4 is 0 Å². The molecule has 0 aromatic carbocycles. The van der Waals surface area contributed by atoms with Crippen molar-refractivity contribution in [3.05, 3.63) is 0 Å². The Labute approximate surface area is 562 Å². The third-order valence-corrected chi connectivity index (χ3v) is 18.9. The van der Waals surface area contributed by atoms with Gasteiger partial charge < -0.3 is 33.8 Å². The fourth-order valence-corrected chi connectivity index (χ4v) is 12.8. The van der Waals surface area contributed by atoms with E-state index in [4.69, 9.17) is 37.0 Å². The molecule has 0 aromatic heterocycles. The molecule has 0 saturated carbocycles. The van der Waals surface area contributed by atoms with Crippen LogP contribution in [0.25, 0.3) is 0 Å². The van der Waals surface area contributed by atoms with E-state index in [0.29, 0.717) is 31.6 Å². The minimum atomic E-state index is -4.95. The minimum absolute atomic E-state index is 0.102. The van der Waals surface area contributed by atoms with Gasteiger partial charge in [0.25, 0.3) is 0 Å². The number of carbonyl (C=O) groups excluding carboxylic acids is 4. The van der Waals surface area contributed by atoms with Crippen LogP contribution in [0.5, 0.6) is 0 Å². The quantitative estimate of drug-likeness (QED) is 0.0222. The van der Waals surface area contributed by atoms with Crippen molar-refractivity contribution in [2.45, 2.75) is 400 Å². The zero-order valence-electron chi connectivity index (χ0n) is 59.7. The maximum atomic E-state index is 13.1. The van der Waals surface area contributed by atoms with E-state index < -0.39 is 97.5 Å². The number of aliphatic hydroxyl groups is 1. The number of hydrogen-bond donors (Lipinski definition) is 3. The highest BCUT2D eigenvalue weighted by Gasteiger charge is 2.30. The van der Waals surface area contributed by atoms with Crippen molar-refractivity contribution in [2.24, 2.45) is 5.92 Å². The van der Waals surface area contributed by atoms with Gasteiger partial charge in [-0.1, -0.05) is 330 Å². The molecule has 3 N–H and O–H groups in total. The lowest BCUT2D eigenvalue weighted by molar-refractivity contribution is -0.161. The summed E-state index contributed by atoms with van der Waals surface area (Å²) in [6.45, 7) is 7.13. The van der Waals surface area contributed by atoms with Gasteiger partial charge in [-0.25, -0.2) is 9.13 Å². The molecule has 2 unspecified atom stereocenters. The lowest BCUT2D eigenvalue weighted by atomic mass is 10.0. The average molecular weight is 1350 g/mol. The zero-order valence-corrected chi connectivity index (χ0v) is 61.5. The first-order valence-electron chi connectivity index (χ1n) is 38.1. The Kier molecular flexibility index (Phi) is 64.9. The molecule has 17 nitrogen and oxygen atoms in total. The molecule has 0 radical (unpaired) electrons. The molecular weight excluding hydrogens is 1210 g/mol. The summed E-state index contributed by atoms with van der Waals surface area (Å²) >= 11 is 0. The van der Waals surface area contributed by atoms with Crippen LogP contribution in [0.15, 0.2) is 0 Å². The number of aliphatic hydroxyl groups excluding tert-OH is 1. The Morgan fingerprint density at radius 1 is 0.293 bits per heavy atom. The summed E-state index contributed by atoms with van der Waals surface area (Å²) in [5.41, 5.74) is 0. The van der Waals surface area contributed by atoms with Crippen LogP contribution in [0, 0.1) is 5.92 Å². The summed E-state index contributed by atoms with van der Waals surface area (Å²) in [4.78, 5) is 72.5. The molecule has 546 valence electrons. The molecule has 0 aliphatic carbocycles. The second-order valence-electron chi connectivity index (χ2n) is 26.8. The minimum Gasteiger partial charge on any atom is -0.462 e. The van der Waals surface area contributed by atoms with Crippen molar-refractivity contribution in [1.29, 1.82) is 0 Å². The maximum absolute atomic E-state index is 13.1. The van der Waals surface area contributed by atoms with E-state index >= 15 is 0 Å². The molecule has 0 heterocycles. The van der Waals surface area contributed by atoms with Crippen LogP contribution in [0.2, 0.25) is 0 Å². The highest BCUT2D eigenvalue weighted by Crippen LogP contribution is 2.45. The Hall–Kier alpha value is -1.94. The summed E-state index contributed by atoms with van der Waals surface area (Å²) in [5.74, 6) is -1.46. The van der Waals surface area contributed by atoms with Gasteiger partial charge in [-0.05, 0) is 31.6 Å². The van der Waals surface area contributed by atoms with Gasteiger partial charge in [0.15, 0.2) is 12.2 Å². The SMILES string of the molecule is CCCCCCCCCCCCCCCCCCCCCC(=O)O[C@H](COC(=O)CCCCCCCCCCCCCCCCCCC)COP(=O)(O)OC[C@@H](O)COP(=O)(O)OC[C@@H](COC(=O)CCCCCCCCC)OC(=O)CCCCCCCCC(C)C. The van der Waals surface area contributed by atoms with Gasteiger partial charge in [0.05, 0.1) is 26.4 Å². The third kappa shape index (κ3) is 66.7. The van der Waals surface area contributed by atoms with Crippen molar-refractivity contribution in [3.8, 4) is 0 Å². The van der Waals surface area contributed by atoms with E-state index in [1.54, 1.807) is 0 Å². The van der Waals surface area contributed by atoms with Crippen LogP contribution >= 0.6 is 15.6 Å². The first-order chi connectivity index (χ1) is 44.5. The molecule has 0 aliphatic rings. The summed E-state index contributed by atoms with van der Waals surface area (Å²) in [7, 11) is -9.90. The van der Waals surface area contributed by atoms with Crippen molar-refractivity contribution in [3.63, 3.8) is 0 Å². The largest absolute Gasteiger partial charge is 0.472 e. The highest BCUT2D eigenvalue weighted by atomic mass is 31.2. The van der Waals surface area contributed by atoms with Gasteiger partial charge in [-0.15, -0.1) is 0 Å². The van der Waals surface area contributed by atoms with Crippen molar-refractivity contribution in [1.82, 2.24) is 0 Å². The molecule has 0 fully saturated rings. The number of ether oxygens (including phenoxy) is 4. The lowest BCUT2D eigenvalue weighted by Crippen LogP contribution is -2.30. The first kappa shape index (κ1) is 90.1. The van der Waals surface area contributed by atoms with Crippen molar-refractivity contribution in [2.75, 3.05) is 39.6 Å². The molecular formula is C73H142O17P2. The number of unbranched alkanes of at least 4 members (excludes halogenated alkanes) is 45. The topological polar surface area (TPSA) is 237 Å². The van der Waals surface area contributed by atoms with Gasteiger partial charge in [-0.3, -0.25) is 37.3 Å². The van der Waals surface area contributed by atoms with Gasteiger partial charge in [0.2, 0.25) is 0 Å². The zero-order chi connectivity index (χ0) is 67.7. The molecule has 0 aliphatic heterocycles. The lowest BCUT2D eigenvalue weighted by Gasteiger charge is -2.21. The Morgan fingerprint density at radius 3 is 0.739 bits per heavy atom. The van der Waals surface area contributed by atoms with E-state index in [1.165, 1.54) is 193 Å². The second-order valence-corrected chi connectivity index (χ2v) is 29.7. The summed E-state index contributed by atoms with van der Waals surface area (Å²) in [5, 5.41) is 10.6. The highest BCUT2D eigenvalue weighted by molar-refractivity contribution is 7.47. The molecule has 0 saturated heterocycles. The monoisotopic (exact) mass is 1350 g/mol. The number of carbonyl (C=O) groups is 4. The number of phosphoric ester groups is 2. The Morgan fingerprint density at radius 2 is 0.500 bits per heavy atom. The van der Waals surface area contributed by atoms with Gasteiger partial charge in [-0.2, -0.15) is 0 Å². The van der Waals surface area contributed by atoms with E-state index in [1.807, 2.05) is 0 Å². The fraction of sp³-hybridized carbons (Fsp3) is 0.945. The van der Waals surface area contributed by atoms with E-state index in [2.05, 4.69) is 34.6 Å². The van der Waals surface area contributed by atoms with E-state index in [9.17, 15) is 43.2 Å². The van der Waals surface area contributed by atoms with Crippen LogP contribution in [0.1, 0.15) is 381 Å². The molecule has 19 heteroatoms. The standard InChI is InChI=1S/C73H142O17P2/c1-6-9-12-15-18-20-22-24-26-28-29-31-33-35-37-39-42-48-53-58-72(77)89-68(63-84-71(76)57-52-47-41-38-36-34-32-30-27-25-23-21-19-16-13-10-7-2)64-87-91(79,80)85-60-67(74)61-86-92(81,82)88-65-69(62-83-70(75)56-51-46-40-17-14-11-8-3)90-73(78)59-54-49-44-43-45-50-55-66(4)5/h66-69,74H,6-65H2,1-5H3,(H,79,80)(H,81,82)/t67-,68-,69-/m1/s1. The van der Waals surface area contributed by atoms with Crippen LogP contribution in [-0.4, -0.2) is 96.7 Å². The Balaban J connectivity index is 5.16. The third-order valence-electron chi connectivity index (χ3n) is 17.0. The summed E-state index contributed by atoms with van der Waals surface area (Å²) < 4.78 is 68.2. The fourth-order valence-electron chi connectivity index (χ4n) is 11.2. The number of hydrogen-bond acceptors (Lipinski definition) is 15. The summed E-state index contributed by atoms with van der Waals surface area (Å²) in [6.07, 6.45) is 54.6. The van der Waals surface area contributed by atoms with Crippen molar-refractivity contribution >= 4 is 39.5 Å². The van der Waals surface area contributed by atoms with Gasteiger partial charge in [0, 0.05) is 25.7 Å². The molecule has 92 heavy (non-hydrogen) atoms. The predicted octanol–water partition coefficient (Wildman–Crippen LogP) is 21.3. The molecule has 0 bridgehead atoms. The van der Waals surface area contributed by atoms with E-state index in [0.717, 1.165) is 103 Å². The van der Waals surface area contributed by atoms with Crippen LogP contribution in [-0.2, 0) is 65.4 Å². The number of phosphoric acid groups is 2. The number of esters is 4. The molecule has 0 amide bonds. The smallest absolute Gasteiger partial charge is 0.462 e.